The molecule has 1 unspecified atom stereocenters. The Balaban J connectivity index is 1.65. The van der Waals surface area contributed by atoms with Gasteiger partial charge in [-0.2, -0.15) is 4.31 Å². The maximum absolute atomic E-state index is 13.6. The lowest BCUT2D eigenvalue weighted by molar-refractivity contribution is 0.0939. The summed E-state index contributed by atoms with van der Waals surface area (Å²) in [5, 5.41) is 2.98. The van der Waals surface area contributed by atoms with Crippen LogP contribution in [0.25, 0.3) is 0 Å². The van der Waals surface area contributed by atoms with E-state index >= 15 is 0 Å². The van der Waals surface area contributed by atoms with Gasteiger partial charge in [0.1, 0.15) is 4.90 Å². The number of nitrogens with one attached hydrogen (secondary N) is 1. The molecule has 0 spiro atoms. The van der Waals surface area contributed by atoms with Gasteiger partial charge in [0.25, 0.3) is 5.91 Å². The van der Waals surface area contributed by atoms with Gasteiger partial charge in [-0.05, 0) is 74.9 Å². The number of hydrogen-bond acceptors (Lipinski definition) is 5. The third-order valence-corrected chi connectivity index (χ3v) is 8.33. The molecule has 2 fully saturated rings. The zero-order chi connectivity index (χ0) is 22.6. The minimum Gasteiger partial charge on any atom is -0.370 e. The average Bonchev–Trinajstić information content (AvgIpc) is 2.85. The molecule has 2 saturated heterocycles. The van der Waals surface area contributed by atoms with Crippen molar-refractivity contribution in [2.45, 2.75) is 56.4 Å². The summed E-state index contributed by atoms with van der Waals surface area (Å²) in [5.41, 5.74) is 2.02. The number of aromatic nitrogens is 1. The van der Waals surface area contributed by atoms with E-state index in [9.17, 15) is 13.2 Å². The maximum atomic E-state index is 13.6. The van der Waals surface area contributed by atoms with Crippen molar-refractivity contribution in [1.29, 1.82) is 0 Å². The molecule has 172 valence electrons. The van der Waals surface area contributed by atoms with Crippen molar-refractivity contribution in [3.8, 4) is 0 Å². The third kappa shape index (κ3) is 4.96. The summed E-state index contributed by atoms with van der Waals surface area (Å²) in [4.78, 5) is 19.4. The van der Waals surface area contributed by atoms with Crippen molar-refractivity contribution in [3.05, 3.63) is 53.9 Å². The lowest BCUT2D eigenvalue weighted by atomic mass is 10.1. The van der Waals surface area contributed by atoms with Gasteiger partial charge in [0.05, 0.1) is 11.7 Å². The van der Waals surface area contributed by atoms with E-state index in [4.69, 9.17) is 0 Å². The smallest absolute Gasteiger partial charge is 0.251 e. The third-order valence-electron chi connectivity index (χ3n) is 6.41. The van der Waals surface area contributed by atoms with Gasteiger partial charge < -0.3 is 10.2 Å². The lowest BCUT2D eigenvalue weighted by Gasteiger charge is -2.33. The minimum absolute atomic E-state index is 0.213. The summed E-state index contributed by atoms with van der Waals surface area (Å²) in [5.74, 6) is -0.283. The van der Waals surface area contributed by atoms with Gasteiger partial charge in [-0.1, -0.05) is 6.42 Å². The molecule has 0 saturated carbocycles. The predicted molar refractivity (Wildman–Crippen MR) is 125 cm³/mol. The van der Waals surface area contributed by atoms with Gasteiger partial charge in [-0.25, -0.2) is 8.42 Å². The van der Waals surface area contributed by atoms with E-state index in [1.165, 1.54) is 0 Å². The molecule has 0 aliphatic carbocycles. The summed E-state index contributed by atoms with van der Waals surface area (Å²) in [6.07, 6.45) is 9.45. The van der Waals surface area contributed by atoms with E-state index in [1.807, 2.05) is 25.1 Å². The van der Waals surface area contributed by atoms with Crippen LogP contribution in [0.4, 0.5) is 5.69 Å². The Labute approximate surface area is 190 Å². The molecule has 4 rings (SSSR count). The first-order valence-corrected chi connectivity index (χ1v) is 13.0. The molecule has 1 amide bonds. The first-order chi connectivity index (χ1) is 15.5. The Morgan fingerprint density at radius 2 is 1.56 bits per heavy atom. The molecule has 32 heavy (non-hydrogen) atoms. The van der Waals surface area contributed by atoms with Gasteiger partial charge in [0.15, 0.2) is 0 Å². The molecule has 1 aromatic carbocycles. The molecule has 0 bridgehead atoms. The Kier molecular flexibility index (Phi) is 7.10. The van der Waals surface area contributed by atoms with Crippen LogP contribution in [0.15, 0.2) is 47.6 Å². The van der Waals surface area contributed by atoms with Crippen LogP contribution in [0.5, 0.6) is 0 Å². The molecule has 3 heterocycles. The molecule has 8 heteroatoms. The molecule has 2 aliphatic rings. The van der Waals surface area contributed by atoms with Crippen molar-refractivity contribution in [2.24, 2.45) is 0 Å². The number of anilines is 1. The van der Waals surface area contributed by atoms with Crippen molar-refractivity contribution in [3.63, 3.8) is 0 Å². The number of nitrogens with zero attached hydrogens (tertiary/aromatic N) is 3. The van der Waals surface area contributed by atoms with Crippen LogP contribution in [0, 0.1) is 0 Å². The number of carbonyl (C=O) groups is 1. The van der Waals surface area contributed by atoms with Gasteiger partial charge >= 0.3 is 0 Å². The molecule has 7 nitrogen and oxygen atoms in total. The van der Waals surface area contributed by atoms with E-state index in [0.717, 1.165) is 57.2 Å². The van der Waals surface area contributed by atoms with Gasteiger partial charge in [-0.15, -0.1) is 0 Å². The second-order valence-electron chi connectivity index (χ2n) is 8.67. The number of benzene rings is 1. The number of pyridine rings is 1. The highest BCUT2D eigenvalue weighted by Crippen LogP contribution is 2.32. The number of amides is 1. The molecular weight excluding hydrogens is 424 g/mol. The van der Waals surface area contributed by atoms with Crippen LogP contribution in [-0.2, 0) is 10.0 Å². The summed E-state index contributed by atoms with van der Waals surface area (Å²) < 4.78 is 28.8. The van der Waals surface area contributed by atoms with Crippen LogP contribution in [0.2, 0.25) is 0 Å². The fourth-order valence-electron chi connectivity index (χ4n) is 4.52. The highest BCUT2D eigenvalue weighted by Gasteiger charge is 2.31. The number of sulfonamides is 1. The van der Waals surface area contributed by atoms with Crippen molar-refractivity contribution in [1.82, 2.24) is 14.6 Å². The summed E-state index contributed by atoms with van der Waals surface area (Å²) in [7, 11) is -3.68. The van der Waals surface area contributed by atoms with E-state index in [1.54, 1.807) is 28.8 Å². The Bertz CT molecular complexity index is 1030. The van der Waals surface area contributed by atoms with Gasteiger partial charge in [-0.3, -0.25) is 9.78 Å². The van der Waals surface area contributed by atoms with E-state index in [0.29, 0.717) is 24.3 Å². The Morgan fingerprint density at radius 1 is 0.938 bits per heavy atom. The molecule has 1 aromatic heterocycles. The summed E-state index contributed by atoms with van der Waals surface area (Å²) in [6.45, 7) is 4.66. The first-order valence-electron chi connectivity index (χ1n) is 11.6. The molecule has 1 atom stereocenters. The number of rotatable bonds is 6. The monoisotopic (exact) mass is 456 g/mol. The van der Waals surface area contributed by atoms with Crippen molar-refractivity contribution in [2.75, 3.05) is 31.1 Å². The molecular formula is C24H32N4O3S. The first kappa shape index (κ1) is 22.7. The van der Waals surface area contributed by atoms with E-state index in [-0.39, 0.29) is 16.8 Å². The zero-order valence-electron chi connectivity index (χ0n) is 18.7. The fourth-order valence-corrected chi connectivity index (χ4v) is 6.27. The standard InChI is InChI=1S/C24H32N4O3S/c1-19(20-10-12-25-13-11-20)26-24(29)21-8-9-22(27-14-4-2-5-15-27)23(18-21)32(30,31)28-16-6-3-7-17-28/h8-13,18-19H,2-7,14-17H2,1H3,(H,26,29). The van der Waals surface area contributed by atoms with Crippen LogP contribution in [0.1, 0.15) is 67.4 Å². The maximum Gasteiger partial charge on any atom is 0.251 e. The number of hydrogen-bond donors (Lipinski definition) is 1. The molecule has 0 radical (unpaired) electrons. The topological polar surface area (TPSA) is 82.6 Å². The summed E-state index contributed by atoms with van der Waals surface area (Å²) >= 11 is 0. The Hall–Kier alpha value is -2.45. The van der Waals surface area contributed by atoms with E-state index < -0.39 is 10.0 Å². The highest BCUT2D eigenvalue weighted by atomic mass is 32.2. The minimum atomic E-state index is -3.68. The number of carbonyl (C=O) groups excluding carboxylic acids is 1. The molecule has 1 N–H and O–H groups in total. The average molecular weight is 457 g/mol. The van der Waals surface area contributed by atoms with Gasteiger partial charge in [0.2, 0.25) is 10.0 Å². The Morgan fingerprint density at radius 3 is 2.22 bits per heavy atom. The van der Waals surface area contributed by atoms with Gasteiger partial charge in [0, 0.05) is 44.1 Å². The largest absolute Gasteiger partial charge is 0.370 e. The SMILES string of the molecule is CC(NC(=O)c1ccc(N2CCCCC2)c(S(=O)(=O)N2CCCCC2)c1)c1ccncc1. The van der Waals surface area contributed by atoms with Crippen molar-refractivity contribution < 1.29 is 13.2 Å². The molecule has 2 aliphatic heterocycles. The summed E-state index contributed by atoms with van der Waals surface area (Å²) in [6, 6.07) is 8.63. The second kappa shape index (κ2) is 10.0. The van der Waals surface area contributed by atoms with Crippen LogP contribution < -0.4 is 10.2 Å². The normalized spacial score (nSPS) is 18.8. The molecule has 2 aromatic rings. The quantitative estimate of drug-likeness (QED) is 0.716. The second-order valence-corrected chi connectivity index (χ2v) is 10.6. The van der Waals surface area contributed by atoms with Crippen LogP contribution >= 0.6 is 0 Å². The number of piperidine rings is 2. The highest BCUT2D eigenvalue weighted by molar-refractivity contribution is 7.89. The fraction of sp³-hybridized carbons (Fsp3) is 0.500. The van der Waals surface area contributed by atoms with Crippen LogP contribution in [-0.4, -0.2) is 49.8 Å². The lowest BCUT2D eigenvalue weighted by Crippen LogP contribution is -2.38. The van der Waals surface area contributed by atoms with Crippen molar-refractivity contribution >= 4 is 21.6 Å². The van der Waals surface area contributed by atoms with Crippen LogP contribution in [0.3, 0.4) is 0 Å². The predicted octanol–water partition coefficient (Wildman–Crippen LogP) is 3.74. The van der Waals surface area contributed by atoms with E-state index in [2.05, 4.69) is 15.2 Å². The zero-order valence-corrected chi connectivity index (χ0v) is 19.5.